The van der Waals surface area contributed by atoms with Gasteiger partial charge in [-0.1, -0.05) is 143 Å². The lowest BCUT2D eigenvalue weighted by atomic mass is 10.1. The molecule has 4 aromatic rings. The van der Waals surface area contributed by atoms with Crippen molar-refractivity contribution in [1.29, 1.82) is 0 Å². The molecule has 1 radical (unpaired) electrons. The molecule has 0 aliphatic carbocycles. The summed E-state index contributed by atoms with van der Waals surface area (Å²) in [6, 6.07) is 15.7. The highest BCUT2D eigenvalue weighted by molar-refractivity contribution is 5.70. The Bertz CT molecular complexity index is 1680. The zero-order chi connectivity index (χ0) is 44.9. The third-order valence-electron chi connectivity index (χ3n) is 10.4. The Morgan fingerprint density at radius 1 is 0.397 bits per heavy atom. The number of anilines is 4. The van der Waals surface area contributed by atoms with E-state index in [-0.39, 0.29) is 0 Å². The number of rotatable bonds is 35. The van der Waals surface area contributed by atoms with Crippen LogP contribution in [0.3, 0.4) is 0 Å². The number of unbranched alkanes of at least 4 members (excludes halogenated alkanes) is 12. The molecule has 0 atom stereocenters. The van der Waals surface area contributed by atoms with Crippen LogP contribution >= 0.6 is 0 Å². The second-order valence-electron chi connectivity index (χ2n) is 16.2. The minimum atomic E-state index is 0.342. The first-order valence-corrected chi connectivity index (χ1v) is 24.3. The third-order valence-corrected chi connectivity index (χ3v) is 10.4. The Hall–Kier alpha value is -4.93. The van der Waals surface area contributed by atoms with Crippen LogP contribution in [0.2, 0.25) is 0 Å². The highest BCUT2D eigenvalue weighted by Gasteiger charge is 2.20. The molecule has 0 aliphatic rings. The number of hydrogen-bond donors (Lipinski definition) is 2. The summed E-state index contributed by atoms with van der Waals surface area (Å²) in [6.45, 7) is 20.7. The molecule has 0 saturated carbocycles. The molecule has 1 heterocycles. The molecule has 0 fully saturated rings. The summed E-state index contributed by atoms with van der Waals surface area (Å²) in [6.07, 6.45) is 18.8. The number of aromatic nitrogens is 3. The van der Waals surface area contributed by atoms with E-state index in [1.807, 2.05) is 48.5 Å². The van der Waals surface area contributed by atoms with Crippen molar-refractivity contribution in [2.24, 2.45) is 0 Å². The molecule has 0 saturated heterocycles. The molecule has 0 aliphatic heterocycles. The number of benzene rings is 3. The van der Waals surface area contributed by atoms with Crippen LogP contribution in [-0.2, 0) is 0 Å². The quantitative estimate of drug-likeness (QED) is 0.0430. The molecule has 0 amide bonds. The predicted molar refractivity (Wildman–Crippen MR) is 259 cm³/mol. The second-order valence-corrected chi connectivity index (χ2v) is 16.2. The zero-order valence-electron chi connectivity index (χ0n) is 39.6. The van der Waals surface area contributed by atoms with Gasteiger partial charge in [0.2, 0.25) is 23.4 Å². The molecule has 4 rings (SSSR count). The van der Waals surface area contributed by atoms with Crippen molar-refractivity contribution in [2.45, 2.75) is 157 Å². The maximum atomic E-state index is 6.45. The number of nitrogens with zero attached hydrogens (tertiary/aromatic N) is 3. The van der Waals surface area contributed by atoms with Crippen LogP contribution in [0.25, 0.3) is 11.4 Å². The fourth-order valence-corrected chi connectivity index (χ4v) is 6.73. The minimum Gasteiger partial charge on any atom is -0.489 e. The van der Waals surface area contributed by atoms with E-state index >= 15 is 0 Å². The van der Waals surface area contributed by atoms with Crippen LogP contribution in [-0.4, -0.2) is 54.6 Å². The van der Waals surface area contributed by atoms with Gasteiger partial charge in [-0.25, -0.2) is 0 Å². The van der Waals surface area contributed by atoms with Gasteiger partial charge in [-0.05, 0) is 51.0 Å². The SMILES string of the molecule is [CH2]c1ccc(-c2nc(Nc3cc(OCCCCC)c(OCCCCC)c(OCCCCC)c3)nc(Nc3cc(OCCCCC)c(OCCCCC)c(OCCCCC)c3)n2)cc1. The average molecular weight is 869 g/mol. The molecule has 3 aromatic carbocycles. The van der Waals surface area contributed by atoms with Crippen LogP contribution in [0.5, 0.6) is 34.5 Å². The van der Waals surface area contributed by atoms with Crippen LogP contribution in [0.1, 0.15) is 163 Å². The van der Waals surface area contributed by atoms with Crippen molar-refractivity contribution >= 4 is 23.3 Å². The molecule has 347 valence electrons. The van der Waals surface area contributed by atoms with Gasteiger partial charge in [-0.3, -0.25) is 0 Å². The van der Waals surface area contributed by atoms with Crippen LogP contribution < -0.4 is 39.1 Å². The highest BCUT2D eigenvalue weighted by atomic mass is 16.5. The maximum absolute atomic E-state index is 6.45. The Labute approximate surface area is 379 Å². The molecular weight excluding hydrogens is 791 g/mol. The summed E-state index contributed by atoms with van der Waals surface area (Å²) in [5, 5.41) is 6.97. The molecule has 63 heavy (non-hydrogen) atoms. The van der Waals surface area contributed by atoms with Gasteiger partial charge in [-0.15, -0.1) is 0 Å². The van der Waals surface area contributed by atoms with Crippen LogP contribution in [0, 0.1) is 6.92 Å². The van der Waals surface area contributed by atoms with Crippen molar-refractivity contribution in [3.8, 4) is 45.9 Å². The Morgan fingerprint density at radius 3 is 1.00 bits per heavy atom. The van der Waals surface area contributed by atoms with E-state index in [1.165, 1.54) is 0 Å². The van der Waals surface area contributed by atoms with Crippen LogP contribution in [0.4, 0.5) is 23.3 Å². The van der Waals surface area contributed by atoms with Gasteiger partial charge in [0.15, 0.2) is 28.8 Å². The van der Waals surface area contributed by atoms with Gasteiger partial charge in [0.25, 0.3) is 0 Å². The average Bonchev–Trinajstić information content (AvgIpc) is 3.28. The standard InChI is InChI=1S/C52H78N5O6/c1-8-14-20-30-58-44-36-42(37-45(59-31-21-15-9-2)48(44)62-34-24-18-12-5)53-51-55-50(41-28-26-40(7)27-29-41)56-52(57-51)54-43-38-46(60-32-22-16-10-3)49(63-35-25-19-13-6)47(39-43)61-33-23-17-11-4/h26-29,36-39H,7-25,30-35H2,1-6H3,(H2,53,54,55,56,57). The third kappa shape index (κ3) is 18.4. The van der Waals surface area contributed by atoms with E-state index in [0.29, 0.717) is 103 Å². The fourth-order valence-electron chi connectivity index (χ4n) is 6.73. The lowest BCUT2D eigenvalue weighted by Gasteiger charge is -2.20. The van der Waals surface area contributed by atoms with Gasteiger partial charge >= 0.3 is 0 Å². The Morgan fingerprint density at radius 2 is 0.698 bits per heavy atom. The number of nitrogens with one attached hydrogen (secondary N) is 2. The normalized spacial score (nSPS) is 11.0. The van der Waals surface area contributed by atoms with Crippen molar-refractivity contribution < 1.29 is 28.4 Å². The molecular formula is C52H78N5O6. The van der Waals surface area contributed by atoms with E-state index in [9.17, 15) is 0 Å². The van der Waals surface area contributed by atoms with E-state index in [1.54, 1.807) is 0 Å². The lowest BCUT2D eigenvalue weighted by molar-refractivity contribution is 0.235. The molecule has 0 unspecified atom stereocenters. The van der Waals surface area contributed by atoms with E-state index < -0.39 is 0 Å². The van der Waals surface area contributed by atoms with E-state index in [2.05, 4.69) is 59.1 Å². The summed E-state index contributed by atoms with van der Waals surface area (Å²) in [7, 11) is 0. The van der Waals surface area contributed by atoms with Crippen molar-refractivity contribution in [3.63, 3.8) is 0 Å². The highest BCUT2D eigenvalue weighted by Crippen LogP contribution is 2.43. The maximum Gasteiger partial charge on any atom is 0.232 e. The first-order valence-electron chi connectivity index (χ1n) is 24.3. The summed E-state index contributed by atoms with van der Waals surface area (Å²) < 4.78 is 38.7. The van der Waals surface area contributed by atoms with Gasteiger partial charge in [0.05, 0.1) is 39.6 Å². The second kappa shape index (κ2) is 30.2. The number of ether oxygens (including phenoxy) is 6. The van der Waals surface area contributed by atoms with Crippen LogP contribution in [0.15, 0.2) is 48.5 Å². The van der Waals surface area contributed by atoms with Crippen molar-refractivity contribution in [3.05, 3.63) is 61.0 Å². The monoisotopic (exact) mass is 869 g/mol. The minimum absolute atomic E-state index is 0.342. The largest absolute Gasteiger partial charge is 0.489 e. The van der Waals surface area contributed by atoms with Gasteiger partial charge in [-0.2, -0.15) is 15.0 Å². The predicted octanol–water partition coefficient (Wildman–Crippen LogP) is 14.6. The molecule has 11 nitrogen and oxygen atoms in total. The number of hydrogen-bond acceptors (Lipinski definition) is 11. The molecule has 2 N–H and O–H groups in total. The molecule has 11 heteroatoms. The summed E-state index contributed by atoms with van der Waals surface area (Å²) in [5.41, 5.74) is 3.13. The molecule has 1 aromatic heterocycles. The zero-order valence-corrected chi connectivity index (χ0v) is 39.6. The summed E-state index contributed by atoms with van der Waals surface area (Å²) in [5.74, 6) is 4.96. The smallest absolute Gasteiger partial charge is 0.232 e. The summed E-state index contributed by atoms with van der Waals surface area (Å²) in [4.78, 5) is 14.8. The molecule has 0 bridgehead atoms. The fraction of sp³-hybridized carbons (Fsp3) is 0.577. The topological polar surface area (TPSA) is 118 Å². The van der Waals surface area contributed by atoms with Crippen molar-refractivity contribution in [1.82, 2.24) is 15.0 Å². The van der Waals surface area contributed by atoms with Crippen molar-refractivity contribution in [2.75, 3.05) is 50.3 Å². The first-order chi connectivity index (χ1) is 30.9. The lowest BCUT2D eigenvalue weighted by Crippen LogP contribution is -2.09. The van der Waals surface area contributed by atoms with Gasteiger partial charge in [0.1, 0.15) is 0 Å². The first kappa shape index (κ1) is 50.7. The summed E-state index contributed by atoms with van der Waals surface area (Å²) >= 11 is 0. The van der Waals surface area contributed by atoms with Gasteiger partial charge in [0, 0.05) is 41.2 Å². The molecule has 0 spiro atoms. The van der Waals surface area contributed by atoms with E-state index in [4.69, 9.17) is 43.4 Å². The Balaban J connectivity index is 1.79. The van der Waals surface area contributed by atoms with Gasteiger partial charge < -0.3 is 39.1 Å². The Kier molecular flexibility index (Phi) is 24.3. The van der Waals surface area contributed by atoms with E-state index in [0.717, 1.165) is 127 Å².